The van der Waals surface area contributed by atoms with E-state index >= 15 is 0 Å². The Hall–Kier alpha value is -2.08. The highest BCUT2D eigenvalue weighted by atomic mass is 16.3. The number of piperazine rings is 1. The van der Waals surface area contributed by atoms with E-state index in [1.807, 2.05) is 6.07 Å². The van der Waals surface area contributed by atoms with Crippen molar-refractivity contribution in [1.82, 2.24) is 9.80 Å². The molecule has 1 heterocycles. The van der Waals surface area contributed by atoms with Gasteiger partial charge >= 0.3 is 0 Å². The molecule has 24 heavy (non-hydrogen) atoms. The average molecular weight is 327 g/mol. The zero-order valence-corrected chi connectivity index (χ0v) is 13.8. The number of nitrogens with two attached hydrogens (primary N) is 1. The van der Waals surface area contributed by atoms with Crippen LogP contribution in [0.1, 0.15) is 17.2 Å². The van der Waals surface area contributed by atoms with Crippen molar-refractivity contribution in [2.24, 2.45) is 5.73 Å². The lowest BCUT2D eigenvalue weighted by Crippen LogP contribution is -2.48. The van der Waals surface area contributed by atoms with Gasteiger partial charge in [0.25, 0.3) is 0 Å². The van der Waals surface area contributed by atoms with E-state index in [9.17, 15) is 10.2 Å². The molecule has 2 aromatic rings. The molecule has 1 saturated heterocycles. The maximum atomic E-state index is 10.1. The second kappa shape index (κ2) is 7.66. The number of hydrogen-bond acceptors (Lipinski definition) is 5. The van der Waals surface area contributed by atoms with Gasteiger partial charge in [-0.2, -0.15) is 0 Å². The van der Waals surface area contributed by atoms with Gasteiger partial charge in [0.2, 0.25) is 0 Å². The Morgan fingerprint density at radius 2 is 1.67 bits per heavy atom. The average Bonchev–Trinajstić information content (AvgIpc) is 2.60. The van der Waals surface area contributed by atoms with E-state index in [0.29, 0.717) is 6.54 Å². The second-order valence-electron chi connectivity index (χ2n) is 6.29. The number of aromatic hydroxyl groups is 2. The van der Waals surface area contributed by atoms with E-state index in [-0.39, 0.29) is 17.5 Å². The van der Waals surface area contributed by atoms with Gasteiger partial charge in [-0.05, 0) is 11.6 Å². The maximum Gasteiger partial charge on any atom is 0.124 e. The first-order chi connectivity index (χ1) is 11.7. The zero-order chi connectivity index (χ0) is 16.9. The summed E-state index contributed by atoms with van der Waals surface area (Å²) >= 11 is 0. The lowest BCUT2D eigenvalue weighted by Gasteiger charge is -2.39. The quantitative estimate of drug-likeness (QED) is 0.782. The van der Waals surface area contributed by atoms with Crippen molar-refractivity contribution >= 4 is 0 Å². The van der Waals surface area contributed by atoms with Gasteiger partial charge in [0.15, 0.2) is 0 Å². The van der Waals surface area contributed by atoms with Crippen LogP contribution in [0.25, 0.3) is 0 Å². The van der Waals surface area contributed by atoms with E-state index in [1.54, 1.807) is 12.1 Å². The number of hydrogen-bond donors (Lipinski definition) is 3. The molecule has 1 atom stereocenters. The van der Waals surface area contributed by atoms with Crippen LogP contribution in [0.5, 0.6) is 11.5 Å². The summed E-state index contributed by atoms with van der Waals surface area (Å²) in [7, 11) is 0. The van der Waals surface area contributed by atoms with Crippen LogP contribution in [0.4, 0.5) is 0 Å². The molecule has 0 radical (unpaired) electrons. The van der Waals surface area contributed by atoms with Crippen molar-refractivity contribution in [2.75, 3.05) is 32.7 Å². The third-order valence-corrected chi connectivity index (χ3v) is 4.69. The predicted molar refractivity (Wildman–Crippen MR) is 94.9 cm³/mol. The van der Waals surface area contributed by atoms with E-state index < -0.39 is 0 Å². The van der Waals surface area contributed by atoms with Crippen LogP contribution in [-0.4, -0.2) is 52.7 Å². The van der Waals surface area contributed by atoms with Gasteiger partial charge in [0.1, 0.15) is 11.5 Å². The highest BCUT2D eigenvalue weighted by Crippen LogP contribution is 2.31. The summed E-state index contributed by atoms with van der Waals surface area (Å²) in [5, 5.41) is 19.6. The van der Waals surface area contributed by atoms with Crippen LogP contribution >= 0.6 is 0 Å². The normalized spacial score (nSPS) is 17.7. The van der Waals surface area contributed by atoms with Crippen LogP contribution in [0.3, 0.4) is 0 Å². The molecule has 128 valence electrons. The van der Waals surface area contributed by atoms with Crippen LogP contribution in [0.15, 0.2) is 48.5 Å². The minimum Gasteiger partial charge on any atom is -0.508 e. The lowest BCUT2D eigenvalue weighted by molar-refractivity contribution is 0.0931. The summed E-state index contributed by atoms with van der Waals surface area (Å²) in [6.07, 6.45) is 0. The molecule has 1 aliphatic rings. The molecule has 1 fully saturated rings. The molecule has 0 amide bonds. The number of benzene rings is 2. The van der Waals surface area contributed by atoms with Crippen LogP contribution in [0, 0.1) is 0 Å². The Labute approximate surface area is 142 Å². The number of rotatable bonds is 5. The largest absolute Gasteiger partial charge is 0.508 e. The molecule has 2 aromatic carbocycles. The van der Waals surface area contributed by atoms with Crippen LogP contribution in [0.2, 0.25) is 0 Å². The van der Waals surface area contributed by atoms with Gasteiger partial charge in [0.05, 0.1) is 6.04 Å². The molecule has 0 saturated carbocycles. The predicted octanol–water partition coefficient (Wildman–Crippen LogP) is 1.92. The van der Waals surface area contributed by atoms with Gasteiger partial charge in [-0.15, -0.1) is 0 Å². The standard InChI is InChI=1S/C19H25N3O2/c20-13-18(17-7-6-16(23)12-19(17)24)22-10-8-21(9-11-22)14-15-4-2-1-3-5-15/h1-7,12,18,23-24H,8-11,13-14,20H2. The van der Waals surface area contributed by atoms with Crippen LogP contribution in [-0.2, 0) is 6.54 Å². The Balaban J connectivity index is 1.62. The first kappa shape index (κ1) is 16.8. The van der Waals surface area contributed by atoms with Crippen LogP contribution < -0.4 is 5.73 Å². The third kappa shape index (κ3) is 3.87. The maximum absolute atomic E-state index is 10.1. The summed E-state index contributed by atoms with van der Waals surface area (Å²) in [6, 6.07) is 15.2. The fourth-order valence-corrected chi connectivity index (χ4v) is 3.36. The Morgan fingerprint density at radius 3 is 2.29 bits per heavy atom. The monoisotopic (exact) mass is 327 g/mol. The van der Waals surface area contributed by atoms with Crippen molar-refractivity contribution in [2.45, 2.75) is 12.6 Å². The van der Waals surface area contributed by atoms with Gasteiger partial charge < -0.3 is 15.9 Å². The molecule has 0 aliphatic carbocycles. The van der Waals surface area contributed by atoms with E-state index in [1.165, 1.54) is 11.6 Å². The number of phenols is 2. The molecular formula is C19H25N3O2. The fourth-order valence-electron chi connectivity index (χ4n) is 3.36. The Morgan fingerprint density at radius 1 is 0.958 bits per heavy atom. The van der Waals surface area contributed by atoms with Crippen molar-refractivity contribution in [3.63, 3.8) is 0 Å². The minimum atomic E-state index is -0.0236. The van der Waals surface area contributed by atoms with Crippen molar-refractivity contribution in [3.05, 3.63) is 59.7 Å². The topological polar surface area (TPSA) is 73.0 Å². The third-order valence-electron chi connectivity index (χ3n) is 4.69. The Kier molecular flexibility index (Phi) is 5.35. The van der Waals surface area contributed by atoms with Gasteiger partial charge in [-0.3, -0.25) is 9.80 Å². The molecule has 0 spiro atoms. The molecule has 3 rings (SSSR count). The molecule has 0 bridgehead atoms. The molecule has 0 aromatic heterocycles. The van der Waals surface area contributed by atoms with E-state index in [4.69, 9.17) is 5.73 Å². The molecular weight excluding hydrogens is 302 g/mol. The molecule has 5 nitrogen and oxygen atoms in total. The first-order valence-corrected chi connectivity index (χ1v) is 8.39. The van der Waals surface area contributed by atoms with Crippen molar-refractivity contribution in [1.29, 1.82) is 0 Å². The number of nitrogens with zero attached hydrogens (tertiary/aromatic N) is 2. The van der Waals surface area contributed by atoms with Gasteiger partial charge in [0, 0.05) is 50.9 Å². The second-order valence-corrected chi connectivity index (χ2v) is 6.29. The molecule has 1 unspecified atom stereocenters. The summed E-state index contributed by atoms with van der Waals surface area (Å²) in [4.78, 5) is 4.75. The molecule has 1 aliphatic heterocycles. The minimum absolute atomic E-state index is 0.0236. The van der Waals surface area contributed by atoms with Gasteiger partial charge in [-0.25, -0.2) is 0 Å². The van der Waals surface area contributed by atoms with Crippen molar-refractivity contribution in [3.8, 4) is 11.5 Å². The van der Waals surface area contributed by atoms with Gasteiger partial charge in [-0.1, -0.05) is 36.4 Å². The highest BCUT2D eigenvalue weighted by molar-refractivity contribution is 5.41. The SMILES string of the molecule is NCC(c1ccc(O)cc1O)N1CCN(Cc2ccccc2)CC1. The summed E-state index contributed by atoms with van der Waals surface area (Å²) < 4.78 is 0. The summed E-state index contributed by atoms with van der Waals surface area (Å²) in [5.74, 6) is 0.178. The zero-order valence-electron chi connectivity index (χ0n) is 13.8. The van der Waals surface area contributed by atoms with E-state index in [2.05, 4.69) is 34.1 Å². The summed E-state index contributed by atoms with van der Waals surface area (Å²) in [5.41, 5.74) is 8.09. The molecule has 5 heteroatoms. The van der Waals surface area contributed by atoms with Crippen molar-refractivity contribution < 1.29 is 10.2 Å². The van der Waals surface area contributed by atoms with E-state index in [0.717, 1.165) is 38.3 Å². The Bertz CT molecular complexity index is 655. The molecule has 4 N–H and O–H groups in total. The number of phenolic OH excluding ortho intramolecular Hbond substituents is 2. The first-order valence-electron chi connectivity index (χ1n) is 8.39. The highest BCUT2D eigenvalue weighted by Gasteiger charge is 2.26. The summed E-state index contributed by atoms with van der Waals surface area (Å²) in [6.45, 7) is 5.18. The fraction of sp³-hybridized carbons (Fsp3) is 0.368. The lowest BCUT2D eigenvalue weighted by atomic mass is 10.0. The smallest absolute Gasteiger partial charge is 0.124 e.